The lowest BCUT2D eigenvalue weighted by atomic mass is 10.1. The van der Waals surface area contributed by atoms with Crippen LogP contribution in [0.25, 0.3) is 0 Å². The summed E-state index contributed by atoms with van der Waals surface area (Å²) in [7, 11) is 0. The number of aromatic amines is 1. The summed E-state index contributed by atoms with van der Waals surface area (Å²) in [5.74, 6) is -0.370. The molecular weight excluding hydrogens is 208 g/mol. The van der Waals surface area contributed by atoms with Crippen molar-refractivity contribution in [2.24, 2.45) is 0 Å². The Kier molecular flexibility index (Phi) is 3.19. The maximum atomic E-state index is 11.7. The predicted octanol–water partition coefficient (Wildman–Crippen LogP) is -0.192. The highest BCUT2D eigenvalue weighted by Crippen LogP contribution is 2.06. The van der Waals surface area contributed by atoms with Gasteiger partial charge in [-0.15, -0.1) is 0 Å². The van der Waals surface area contributed by atoms with Crippen molar-refractivity contribution in [3.63, 3.8) is 0 Å². The number of carbonyl (C=O) groups excluding carboxylic acids is 2. The summed E-state index contributed by atoms with van der Waals surface area (Å²) in [6.07, 6.45) is 5.53. The number of nitrogens with zero attached hydrogens (tertiary/aromatic N) is 1. The van der Waals surface area contributed by atoms with Crippen LogP contribution in [0.15, 0.2) is 12.4 Å². The van der Waals surface area contributed by atoms with Crippen LogP contribution < -0.4 is 10.6 Å². The van der Waals surface area contributed by atoms with Crippen LogP contribution in [0, 0.1) is 0 Å². The molecule has 1 aliphatic heterocycles. The molecule has 86 valence electrons. The van der Waals surface area contributed by atoms with Gasteiger partial charge in [-0.1, -0.05) is 0 Å². The van der Waals surface area contributed by atoms with Crippen LogP contribution in [-0.4, -0.2) is 34.6 Å². The van der Waals surface area contributed by atoms with Crippen LogP contribution in [0.1, 0.15) is 29.6 Å². The zero-order valence-electron chi connectivity index (χ0n) is 8.82. The van der Waals surface area contributed by atoms with Crippen molar-refractivity contribution in [3.8, 4) is 0 Å². The summed E-state index contributed by atoms with van der Waals surface area (Å²) in [5.41, 5.74) is 0.442. The van der Waals surface area contributed by atoms with Crippen LogP contribution in [0.3, 0.4) is 0 Å². The van der Waals surface area contributed by atoms with E-state index >= 15 is 0 Å². The van der Waals surface area contributed by atoms with Gasteiger partial charge in [0.05, 0.1) is 11.8 Å². The van der Waals surface area contributed by atoms with Gasteiger partial charge in [0.2, 0.25) is 5.91 Å². The predicted molar refractivity (Wildman–Crippen MR) is 56.7 cm³/mol. The third kappa shape index (κ3) is 2.39. The number of aromatic nitrogens is 2. The third-order valence-electron chi connectivity index (χ3n) is 2.60. The minimum Gasteiger partial charge on any atom is -0.354 e. The average Bonchev–Trinajstić information content (AvgIpc) is 2.73. The molecule has 16 heavy (non-hydrogen) atoms. The van der Waals surface area contributed by atoms with Crippen molar-refractivity contribution in [1.82, 2.24) is 20.8 Å². The van der Waals surface area contributed by atoms with Crippen LogP contribution in [-0.2, 0) is 4.79 Å². The van der Waals surface area contributed by atoms with E-state index in [0.29, 0.717) is 18.5 Å². The van der Waals surface area contributed by atoms with Gasteiger partial charge in [-0.25, -0.2) is 0 Å². The number of H-pyrrole nitrogens is 1. The largest absolute Gasteiger partial charge is 0.354 e. The fourth-order valence-corrected chi connectivity index (χ4v) is 1.69. The smallest absolute Gasteiger partial charge is 0.255 e. The summed E-state index contributed by atoms with van der Waals surface area (Å²) in [6.45, 7) is 0.691. The highest BCUT2D eigenvalue weighted by atomic mass is 16.2. The van der Waals surface area contributed by atoms with Gasteiger partial charge in [-0.2, -0.15) is 5.10 Å². The van der Waals surface area contributed by atoms with E-state index in [9.17, 15) is 9.59 Å². The van der Waals surface area contributed by atoms with E-state index in [1.54, 1.807) is 0 Å². The first-order valence-corrected chi connectivity index (χ1v) is 5.35. The molecule has 1 aromatic rings. The first-order chi connectivity index (χ1) is 7.77. The topological polar surface area (TPSA) is 86.9 Å². The van der Waals surface area contributed by atoms with Gasteiger partial charge >= 0.3 is 0 Å². The molecule has 0 bridgehead atoms. The van der Waals surface area contributed by atoms with Gasteiger partial charge in [0.25, 0.3) is 5.91 Å². The molecule has 1 fully saturated rings. The minimum atomic E-state index is -0.426. The molecule has 1 saturated heterocycles. The molecule has 1 atom stereocenters. The van der Waals surface area contributed by atoms with E-state index in [2.05, 4.69) is 20.8 Å². The standard InChI is InChI=1S/C10H14N4O2/c15-9(7-5-12-13-6-7)14-8-3-1-2-4-11-10(8)16/h5-6,8H,1-4H2,(H,11,16)(H,12,13)(H,14,15). The molecule has 0 saturated carbocycles. The monoisotopic (exact) mass is 222 g/mol. The zero-order chi connectivity index (χ0) is 11.4. The Morgan fingerprint density at radius 1 is 1.50 bits per heavy atom. The van der Waals surface area contributed by atoms with Crippen molar-refractivity contribution in [3.05, 3.63) is 18.0 Å². The Hall–Kier alpha value is -1.85. The molecule has 0 aliphatic carbocycles. The summed E-state index contributed by atoms with van der Waals surface area (Å²) >= 11 is 0. The maximum Gasteiger partial charge on any atom is 0.255 e. The van der Waals surface area contributed by atoms with Crippen molar-refractivity contribution < 1.29 is 9.59 Å². The van der Waals surface area contributed by atoms with E-state index in [1.165, 1.54) is 12.4 Å². The van der Waals surface area contributed by atoms with Gasteiger partial charge in [0.1, 0.15) is 6.04 Å². The van der Waals surface area contributed by atoms with Crippen LogP contribution in [0.2, 0.25) is 0 Å². The van der Waals surface area contributed by atoms with Crippen molar-refractivity contribution in [2.45, 2.75) is 25.3 Å². The van der Waals surface area contributed by atoms with Crippen LogP contribution >= 0.6 is 0 Å². The van der Waals surface area contributed by atoms with Crippen molar-refractivity contribution >= 4 is 11.8 Å². The average molecular weight is 222 g/mol. The van der Waals surface area contributed by atoms with E-state index in [1.807, 2.05) is 0 Å². The molecule has 6 nitrogen and oxygen atoms in total. The molecule has 1 aromatic heterocycles. The van der Waals surface area contributed by atoms with Gasteiger partial charge in [-0.3, -0.25) is 14.7 Å². The van der Waals surface area contributed by atoms with E-state index in [4.69, 9.17) is 0 Å². The maximum absolute atomic E-state index is 11.7. The lowest BCUT2D eigenvalue weighted by molar-refractivity contribution is -0.122. The highest BCUT2D eigenvalue weighted by molar-refractivity contribution is 5.97. The Bertz CT molecular complexity index is 374. The fraction of sp³-hybridized carbons (Fsp3) is 0.500. The summed E-state index contributed by atoms with van der Waals surface area (Å²) in [6, 6.07) is -0.426. The van der Waals surface area contributed by atoms with Crippen molar-refractivity contribution in [1.29, 1.82) is 0 Å². The molecule has 2 amide bonds. The summed E-state index contributed by atoms with van der Waals surface area (Å²) in [5, 5.41) is 11.7. The van der Waals surface area contributed by atoms with Gasteiger partial charge in [-0.05, 0) is 19.3 Å². The Balaban J connectivity index is 1.97. The fourth-order valence-electron chi connectivity index (χ4n) is 1.69. The molecule has 3 N–H and O–H groups in total. The number of nitrogens with one attached hydrogen (secondary N) is 3. The first kappa shape index (κ1) is 10.7. The minimum absolute atomic E-state index is 0.102. The van der Waals surface area contributed by atoms with E-state index < -0.39 is 6.04 Å². The Morgan fingerprint density at radius 2 is 2.38 bits per heavy atom. The normalized spacial score (nSPS) is 21.0. The molecule has 1 aliphatic rings. The molecule has 0 aromatic carbocycles. The summed E-state index contributed by atoms with van der Waals surface area (Å²) < 4.78 is 0. The van der Waals surface area contributed by atoms with Gasteiger partial charge in [0.15, 0.2) is 0 Å². The second-order valence-corrected chi connectivity index (χ2v) is 3.80. The van der Waals surface area contributed by atoms with Gasteiger partial charge in [0, 0.05) is 12.7 Å². The molecule has 2 heterocycles. The SMILES string of the molecule is O=C(NC1CCCCNC1=O)c1cn[nH]c1. The number of carbonyl (C=O) groups is 2. The zero-order valence-corrected chi connectivity index (χ0v) is 8.82. The lowest BCUT2D eigenvalue weighted by Gasteiger charge is -2.14. The number of hydrogen-bond acceptors (Lipinski definition) is 3. The molecule has 0 radical (unpaired) electrons. The van der Waals surface area contributed by atoms with Gasteiger partial charge < -0.3 is 10.6 Å². The molecular formula is C10H14N4O2. The van der Waals surface area contributed by atoms with E-state index in [-0.39, 0.29) is 11.8 Å². The van der Waals surface area contributed by atoms with Crippen LogP contribution in [0.5, 0.6) is 0 Å². The highest BCUT2D eigenvalue weighted by Gasteiger charge is 2.22. The van der Waals surface area contributed by atoms with Crippen molar-refractivity contribution in [2.75, 3.05) is 6.54 Å². The second-order valence-electron chi connectivity index (χ2n) is 3.80. The summed E-state index contributed by atoms with van der Waals surface area (Å²) in [4.78, 5) is 23.3. The lowest BCUT2D eigenvalue weighted by Crippen LogP contribution is -2.45. The Labute approximate surface area is 92.8 Å². The molecule has 2 rings (SSSR count). The van der Waals surface area contributed by atoms with Crippen LogP contribution in [0.4, 0.5) is 0 Å². The molecule has 0 spiro atoms. The molecule has 1 unspecified atom stereocenters. The number of rotatable bonds is 2. The number of hydrogen-bond donors (Lipinski definition) is 3. The quantitative estimate of drug-likeness (QED) is 0.648. The second kappa shape index (κ2) is 4.78. The first-order valence-electron chi connectivity index (χ1n) is 5.35. The van der Waals surface area contributed by atoms with E-state index in [0.717, 1.165) is 12.8 Å². The molecule has 6 heteroatoms. The Morgan fingerprint density at radius 3 is 3.12 bits per heavy atom. The third-order valence-corrected chi connectivity index (χ3v) is 2.60. The number of amides is 2.